The smallest absolute Gasteiger partial charge is 0.341 e. The van der Waals surface area contributed by atoms with E-state index in [4.69, 9.17) is 4.74 Å². The Balaban J connectivity index is 1.86. The quantitative estimate of drug-likeness (QED) is 0.520. The lowest BCUT2D eigenvalue weighted by Crippen LogP contribution is -2.11. The summed E-state index contributed by atoms with van der Waals surface area (Å²) in [7, 11) is 1.33. The minimum absolute atomic E-state index is 0.305. The molecule has 1 N–H and O–H groups in total. The molecule has 130 valence electrons. The zero-order chi connectivity index (χ0) is 18.4. The number of carbonyl (C=O) groups excluding carboxylic acids is 2. The number of esters is 1. The summed E-state index contributed by atoms with van der Waals surface area (Å²) in [6, 6.07) is 19.1. The first-order chi connectivity index (χ1) is 12.7. The van der Waals surface area contributed by atoms with Crippen molar-refractivity contribution >= 4 is 34.3 Å². The lowest BCUT2D eigenvalue weighted by molar-refractivity contribution is -0.111. The Morgan fingerprint density at radius 2 is 1.65 bits per heavy atom. The number of anilines is 1. The summed E-state index contributed by atoms with van der Waals surface area (Å²) in [5.41, 5.74) is 2.92. The molecule has 0 atom stereocenters. The maximum absolute atomic E-state index is 12.3. The van der Waals surface area contributed by atoms with Crippen LogP contribution in [0.3, 0.4) is 0 Å². The summed E-state index contributed by atoms with van der Waals surface area (Å²) in [5, 5.41) is 5.09. The van der Waals surface area contributed by atoms with Crippen LogP contribution in [0, 0.1) is 0 Å². The first-order valence-corrected chi connectivity index (χ1v) is 8.86. The van der Waals surface area contributed by atoms with Gasteiger partial charge in [0.05, 0.1) is 7.11 Å². The van der Waals surface area contributed by atoms with Crippen molar-refractivity contribution in [2.75, 3.05) is 12.4 Å². The number of ether oxygens (including phenoxy) is 1. The van der Waals surface area contributed by atoms with E-state index in [1.165, 1.54) is 24.5 Å². The maximum atomic E-state index is 12.3. The average molecular weight is 363 g/mol. The van der Waals surface area contributed by atoms with Gasteiger partial charge in [-0.05, 0) is 17.2 Å². The van der Waals surface area contributed by atoms with E-state index in [-0.39, 0.29) is 5.91 Å². The number of hydrogen-bond donors (Lipinski definition) is 1. The third kappa shape index (κ3) is 4.07. The number of hydrogen-bond acceptors (Lipinski definition) is 4. The number of nitrogens with one attached hydrogen (secondary N) is 1. The van der Waals surface area contributed by atoms with E-state index in [0.717, 1.165) is 16.7 Å². The first kappa shape index (κ1) is 17.6. The standard InChI is InChI=1S/C21H17NO3S/c1-25-21(24)19-17(16-10-6-3-7-11-16)14-26-20(19)22-18(23)13-12-15-8-4-2-5-9-15/h2-14H,1H3,(H,22,23)/b13-12+. The molecule has 0 unspecified atom stereocenters. The summed E-state index contributed by atoms with van der Waals surface area (Å²) in [5.74, 6) is -0.784. The second-order valence-electron chi connectivity index (χ2n) is 5.44. The van der Waals surface area contributed by atoms with E-state index >= 15 is 0 Å². The highest BCUT2D eigenvalue weighted by atomic mass is 32.1. The Hall–Kier alpha value is -3.18. The molecule has 4 nitrogen and oxygen atoms in total. The molecule has 0 fully saturated rings. The SMILES string of the molecule is COC(=O)c1c(-c2ccccc2)csc1NC(=O)/C=C/c1ccccc1. The van der Waals surface area contributed by atoms with Crippen LogP contribution in [-0.2, 0) is 9.53 Å². The highest BCUT2D eigenvalue weighted by molar-refractivity contribution is 7.15. The van der Waals surface area contributed by atoms with Crippen LogP contribution in [0.2, 0.25) is 0 Å². The fraction of sp³-hybridized carbons (Fsp3) is 0.0476. The van der Waals surface area contributed by atoms with Crippen molar-refractivity contribution < 1.29 is 14.3 Å². The van der Waals surface area contributed by atoms with E-state index in [9.17, 15) is 9.59 Å². The predicted octanol–water partition coefficient (Wildman–Crippen LogP) is 4.85. The zero-order valence-corrected chi connectivity index (χ0v) is 15.0. The van der Waals surface area contributed by atoms with Gasteiger partial charge < -0.3 is 10.1 Å². The van der Waals surface area contributed by atoms with Crippen LogP contribution < -0.4 is 5.32 Å². The van der Waals surface area contributed by atoms with Crippen LogP contribution in [0.1, 0.15) is 15.9 Å². The van der Waals surface area contributed by atoms with Gasteiger partial charge in [-0.2, -0.15) is 0 Å². The van der Waals surface area contributed by atoms with Crippen molar-refractivity contribution in [2.45, 2.75) is 0 Å². The minimum atomic E-state index is -0.479. The van der Waals surface area contributed by atoms with E-state index in [1.807, 2.05) is 66.0 Å². The molecule has 0 saturated heterocycles. The van der Waals surface area contributed by atoms with E-state index in [1.54, 1.807) is 6.08 Å². The molecule has 0 aliphatic rings. The molecule has 0 bridgehead atoms. The molecule has 1 amide bonds. The van der Waals surface area contributed by atoms with Crippen LogP contribution in [0.25, 0.3) is 17.2 Å². The summed E-state index contributed by atoms with van der Waals surface area (Å²) < 4.78 is 4.91. The fourth-order valence-electron chi connectivity index (χ4n) is 2.47. The maximum Gasteiger partial charge on any atom is 0.341 e. The molecule has 0 radical (unpaired) electrons. The number of methoxy groups -OCH3 is 1. The average Bonchev–Trinajstić information content (AvgIpc) is 3.10. The topological polar surface area (TPSA) is 55.4 Å². The molecule has 0 aliphatic heterocycles. The normalized spacial score (nSPS) is 10.7. The van der Waals surface area contributed by atoms with Crippen LogP contribution >= 0.6 is 11.3 Å². The Morgan fingerprint density at radius 1 is 1.00 bits per heavy atom. The summed E-state index contributed by atoms with van der Waals surface area (Å²) in [6.07, 6.45) is 3.16. The van der Waals surface area contributed by atoms with Crippen molar-refractivity contribution in [3.8, 4) is 11.1 Å². The van der Waals surface area contributed by atoms with Crippen LogP contribution in [-0.4, -0.2) is 19.0 Å². The van der Waals surface area contributed by atoms with Gasteiger partial charge in [-0.3, -0.25) is 4.79 Å². The monoisotopic (exact) mass is 363 g/mol. The summed E-state index contributed by atoms with van der Waals surface area (Å²) >= 11 is 1.30. The largest absolute Gasteiger partial charge is 0.465 e. The van der Waals surface area contributed by atoms with Crippen LogP contribution in [0.15, 0.2) is 72.1 Å². The number of thiophene rings is 1. The van der Waals surface area contributed by atoms with Gasteiger partial charge in [0.2, 0.25) is 5.91 Å². The van der Waals surface area contributed by atoms with Gasteiger partial charge in [0.25, 0.3) is 0 Å². The third-order valence-corrected chi connectivity index (χ3v) is 4.62. The predicted molar refractivity (Wildman–Crippen MR) is 105 cm³/mol. The molecule has 0 aliphatic carbocycles. The molecule has 1 aromatic heterocycles. The molecular weight excluding hydrogens is 346 g/mol. The van der Waals surface area contributed by atoms with Gasteiger partial charge in [0.1, 0.15) is 10.6 Å². The summed E-state index contributed by atoms with van der Waals surface area (Å²) in [6.45, 7) is 0. The van der Waals surface area contributed by atoms with Crippen LogP contribution in [0.5, 0.6) is 0 Å². The number of carbonyl (C=O) groups is 2. The zero-order valence-electron chi connectivity index (χ0n) is 14.1. The first-order valence-electron chi connectivity index (χ1n) is 7.98. The lowest BCUT2D eigenvalue weighted by atomic mass is 10.0. The lowest BCUT2D eigenvalue weighted by Gasteiger charge is -2.06. The molecular formula is C21H17NO3S. The molecule has 1 heterocycles. The Bertz CT molecular complexity index is 930. The number of rotatable bonds is 5. The molecule has 3 aromatic rings. The van der Waals surface area contributed by atoms with E-state index < -0.39 is 5.97 Å². The minimum Gasteiger partial charge on any atom is -0.465 e. The van der Waals surface area contributed by atoms with Gasteiger partial charge in [-0.1, -0.05) is 60.7 Å². The third-order valence-electron chi connectivity index (χ3n) is 3.73. The van der Waals surface area contributed by atoms with Crippen molar-refractivity contribution in [2.24, 2.45) is 0 Å². The van der Waals surface area contributed by atoms with E-state index in [0.29, 0.717) is 10.6 Å². The van der Waals surface area contributed by atoms with Gasteiger partial charge in [-0.25, -0.2) is 4.79 Å². The molecule has 26 heavy (non-hydrogen) atoms. The molecule has 0 spiro atoms. The number of benzene rings is 2. The van der Waals surface area contributed by atoms with Gasteiger partial charge in [0.15, 0.2) is 0 Å². The molecule has 2 aromatic carbocycles. The molecule has 5 heteroatoms. The molecule has 3 rings (SSSR count). The second-order valence-corrected chi connectivity index (χ2v) is 6.32. The Labute approximate surface area is 155 Å². The van der Waals surface area contributed by atoms with Crippen molar-refractivity contribution in [3.63, 3.8) is 0 Å². The van der Waals surface area contributed by atoms with Crippen molar-refractivity contribution in [1.82, 2.24) is 0 Å². The van der Waals surface area contributed by atoms with Crippen molar-refractivity contribution in [1.29, 1.82) is 0 Å². The van der Waals surface area contributed by atoms with Crippen molar-refractivity contribution in [3.05, 3.63) is 83.2 Å². The second kappa shape index (κ2) is 8.27. The van der Waals surface area contributed by atoms with Gasteiger partial charge in [-0.15, -0.1) is 11.3 Å². The highest BCUT2D eigenvalue weighted by Gasteiger charge is 2.21. The molecule has 0 saturated carbocycles. The fourth-order valence-corrected chi connectivity index (χ4v) is 3.43. The highest BCUT2D eigenvalue weighted by Crippen LogP contribution is 2.36. The Kier molecular flexibility index (Phi) is 5.61. The van der Waals surface area contributed by atoms with Gasteiger partial charge in [0, 0.05) is 17.0 Å². The van der Waals surface area contributed by atoms with E-state index in [2.05, 4.69) is 5.32 Å². The number of amides is 1. The summed E-state index contributed by atoms with van der Waals surface area (Å²) in [4.78, 5) is 24.5. The Morgan fingerprint density at radius 3 is 2.31 bits per heavy atom. The van der Waals surface area contributed by atoms with Crippen LogP contribution in [0.4, 0.5) is 5.00 Å². The van der Waals surface area contributed by atoms with Gasteiger partial charge >= 0.3 is 5.97 Å².